The minimum atomic E-state index is -0.236. The molecule has 0 aliphatic carbocycles. The molecule has 0 unspecified atom stereocenters. The molecule has 0 aliphatic heterocycles. The molecule has 2 aromatic rings. The van der Waals surface area contributed by atoms with E-state index in [1.54, 1.807) is 39.5 Å². The van der Waals surface area contributed by atoms with Crippen LogP contribution in [0.5, 0.6) is 17.2 Å². The van der Waals surface area contributed by atoms with Crippen LogP contribution in [0, 0.1) is 0 Å². The van der Waals surface area contributed by atoms with Crippen LogP contribution >= 0.6 is 11.6 Å². The van der Waals surface area contributed by atoms with Gasteiger partial charge in [0.05, 0.1) is 21.3 Å². The van der Waals surface area contributed by atoms with Gasteiger partial charge in [0, 0.05) is 16.8 Å². The van der Waals surface area contributed by atoms with Gasteiger partial charge in [0.15, 0.2) is 11.5 Å². The van der Waals surface area contributed by atoms with Crippen molar-refractivity contribution in [3.05, 3.63) is 52.1 Å². The number of rotatable bonds is 8. The summed E-state index contributed by atoms with van der Waals surface area (Å²) in [6.45, 7) is 4.06. The fraction of sp³-hybridized carbons (Fsp3) is 0.318. The number of ether oxygens (including phenoxy) is 3. The zero-order valence-corrected chi connectivity index (χ0v) is 17.6. The average Bonchev–Trinajstić information content (AvgIpc) is 2.71. The molecule has 1 amide bonds. The van der Waals surface area contributed by atoms with Gasteiger partial charge in [-0.15, -0.1) is 0 Å². The lowest BCUT2D eigenvalue weighted by Gasteiger charge is -2.15. The van der Waals surface area contributed by atoms with Gasteiger partial charge in [0.1, 0.15) is 0 Å². The van der Waals surface area contributed by atoms with Crippen molar-refractivity contribution in [3.8, 4) is 17.2 Å². The second-order valence-corrected chi connectivity index (χ2v) is 6.46. The van der Waals surface area contributed by atoms with Crippen LogP contribution in [-0.4, -0.2) is 27.2 Å². The van der Waals surface area contributed by atoms with Crippen molar-refractivity contribution in [3.63, 3.8) is 0 Å². The molecule has 2 aromatic carbocycles. The molecular weight excluding hydrogens is 378 g/mol. The number of anilines is 1. The van der Waals surface area contributed by atoms with Crippen molar-refractivity contribution < 1.29 is 19.0 Å². The van der Waals surface area contributed by atoms with Crippen molar-refractivity contribution in [2.24, 2.45) is 0 Å². The molecule has 0 spiro atoms. The van der Waals surface area contributed by atoms with Gasteiger partial charge in [-0.1, -0.05) is 31.5 Å². The van der Waals surface area contributed by atoms with Crippen LogP contribution in [-0.2, 0) is 17.6 Å². The van der Waals surface area contributed by atoms with Crippen molar-refractivity contribution in [1.29, 1.82) is 0 Å². The van der Waals surface area contributed by atoms with Crippen LogP contribution in [0.3, 0.4) is 0 Å². The minimum absolute atomic E-state index is 0.236. The van der Waals surface area contributed by atoms with Crippen molar-refractivity contribution in [2.75, 3.05) is 26.6 Å². The van der Waals surface area contributed by atoms with Crippen LogP contribution in [0.25, 0.3) is 6.08 Å². The second-order valence-electron chi connectivity index (χ2n) is 6.05. The summed E-state index contributed by atoms with van der Waals surface area (Å²) >= 11 is 6.30. The first-order valence-electron chi connectivity index (χ1n) is 9.08. The Morgan fingerprint density at radius 1 is 1.04 bits per heavy atom. The van der Waals surface area contributed by atoms with E-state index in [0.29, 0.717) is 22.3 Å². The van der Waals surface area contributed by atoms with Crippen molar-refractivity contribution in [2.45, 2.75) is 26.7 Å². The number of methoxy groups -OCH3 is 3. The molecule has 150 valence electrons. The quantitative estimate of drug-likeness (QED) is 0.620. The number of benzene rings is 2. The van der Waals surface area contributed by atoms with E-state index in [2.05, 4.69) is 5.32 Å². The Hall–Kier alpha value is -2.66. The zero-order valence-electron chi connectivity index (χ0n) is 16.9. The summed E-state index contributed by atoms with van der Waals surface area (Å²) in [6, 6.07) is 7.37. The number of carbonyl (C=O) groups excluding carboxylic acids is 1. The van der Waals surface area contributed by atoms with E-state index in [-0.39, 0.29) is 5.91 Å². The Labute approximate surface area is 171 Å². The Morgan fingerprint density at radius 2 is 1.68 bits per heavy atom. The van der Waals surface area contributed by atoms with Gasteiger partial charge in [0.2, 0.25) is 11.7 Å². The lowest BCUT2D eigenvalue weighted by Crippen LogP contribution is -2.12. The molecule has 0 aromatic heterocycles. The first-order valence-corrected chi connectivity index (χ1v) is 9.46. The van der Waals surface area contributed by atoms with Gasteiger partial charge in [-0.2, -0.15) is 0 Å². The van der Waals surface area contributed by atoms with Gasteiger partial charge in [-0.05, 0) is 53.8 Å². The van der Waals surface area contributed by atoms with E-state index in [9.17, 15) is 4.79 Å². The number of aryl methyl sites for hydroxylation is 1. The van der Waals surface area contributed by atoms with E-state index >= 15 is 0 Å². The predicted octanol–water partition coefficient (Wildman–Crippen LogP) is 5.14. The summed E-state index contributed by atoms with van der Waals surface area (Å²) in [5.74, 6) is 1.32. The molecule has 0 saturated heterocycles. The molecule has 5 nitrogen and oxygen atoms in total. The molecule has 28 heavy (non-hydrogen) atoms. The van der Waals surface area contributed by atoms with E-state index in [4.69, 9.17) is 25.8 Å². The fourth-order valence-corrected chi connectivity index (χ4v) is 3.29. The van der Waals surface area contributed by atoms with Crippen LogP contribution < -0.4 is 19.5 Å². The molecule has 0 bridgehead atoms. The maximum Gasteiger partial charge on any atom is 0.248 e. The normalized spacial score (nSPS) is 10.8. The average molecular weight is 404 g/mol. The molecule has 0 aliphatic rings. The highest BCUT2D eigenvalue weighted by atomic mass is 35.5. The van der Waals surface area contributed by atoms with Crippen molar-refractivity contribution in [1.82, 2.24) is 0 Å². The zero-order chi connectivity index (χ0) is 20.7. The Bertz CT molecular complexity index is 852. The maximum atomic E-state index is 12.5. The van der Waals surface area contributed by atoms with Gasteiger partial charge in [0.25, 0.3) is 0 Å². The minimum Gasteiger partial charge on any atom is -0.493 e. The van der Waals surface area contributed by atoms with Crippen molar-refractivity contribution >= 4 is 29.3 Å². The highest BCUT2D eigenvalue weighted by Crippen LogP contribution is 2.38. The lowest BCUT2D eigenvalue weighted by molar-refractivity contribution is -0.111. The highest BCUT2D eigenvalue weighted by Gasteiger charge is 2.14. The maximum absolute atomic E-state index is 12.5. The first kappa shape index (κ1) is 21.6. The fourth-order valence-electron chi connectivity index (χ4n) is 3.00. The molecule has 2 rings (SSSR count). The van der Waals surface area contributed by atoms with Crippen LogP contribution in [0.15, 0.2) is 30.3 Å². The summed E-state index contributed by atoms with van der Waals surface area (Å²) in [4.78, 5) is 12.5. The molecule has 0 atom stereocenters. The van der Waals surface area contributed by atoms with Gasteiger partial charge in [-0.25, -0.2) is 0 Å². The lowest BCUT2D eigenvalue weighted by atomic mass is 10.0. The number of nitrogens with one attached hydrogen (secondary N) is 1. The van der Waals surface area contributed by atoms with Gasteiger partial charge < -0.3 is 19.5 Å². The first-order chi connectivity index (χ1) is 13.5. The van der Waals surface area contributed by atoms with E-state index in [1.807, 2.05) is 26.0 Å². The Balaban J connectivity index is 2.29. The summed E-state index contributed by atoms with van der Waals surface area (Å²) in [5, 5.41) is 3.63. The van der Waals surface area contributed by atoms with Crippen LogP contribution in [0.2, 0.25) is 5.02 Å². The standard InChI is InChI=1S/C22H26ClNO4/c1-6-15-9-10-17(23)16(7-2)21(15)24-20(25)11-8-14-12-18(26-3)22(28-5)19(13-14)27-4/h8-13H,6-7H2,1-5H3,(H,24,25)/b11-8+. The third kappa shape index (κ3) is 4.78. The molecule has 0 saturated carbocycles. The highest BCUT2D eigenvalue weighted by molar-refractivity contribution is 6.32. The molecule has 0 fully saturated rings. The smallest absolute Gasteiger partial charge is 0.248 e. The number of carbonyl (C=O) groups is 1. The van der Waals surface area contributed by atoms with Gasteiger partial charge in [-0.3, -0.25) is 4.79 Å². The number of amides is 1. The SMILES string of the molecule is CCc1ccc(Cl)c(CC)c1NC(=O)/C=C/c1cc(OC)c(OC)c(OC)c1. The molecule has 0 heterocycles. The van der Waals surface area contributed by atoms with Crippen LogP contribution in [0.1, 0.15) is 30.5 Å². The summed E-state index contributed by atoms with van der Waals surface area (Å²) in [6.07, 6.45) is 4.71. The Kier molecular flexibility index (Phi) is 7.76. The van der Waals surface area contributed by atoms with E-state index < -0.39 is 0 Å². The third-order valence-corrected chi connectivity index (χ3v) is 4.79. The van der Waals surface area contributed by atoms with Gasteiger partial charge >= 0.3 is 0 Å². The largest absolute Gasteiger partial charge is 0.493 e. The van der Waals surface area contributed by atoms with E-state index in [1.165, 1.54) is 6.08 Å². The second kappa shape index (κ2) is 10.0. The number of hydrogen-bond donors (Lipinski definition) is 1. The number of hydrogen-bond acceptors (Lipinski definition) is 4. The predicted molar refractivity (Wildman–Crippen MR) is 114 cm³/mol. The third-order valence-electron chi connectivity index (χ3n) is 4.44. The van der Waals surface area contributed by atoms with Crippen LogP contribution in [0.4, 0.5) is 5.69 Å². The summed E-state index contributed by atoms with van der Waals surface area (Å²) < 4.78 is 16.0. The molecule has 6 heteroatoms. The summed E-state index contributed by atoms with van der Waals surface area (Å²) in [7, 11) is 4.65. The molecule has 0 radical (unpaired) electrons. The molecular formula is C22H26ClNO4. The number of halogens is 1. The topological polar surface area (TPSA) is 56.8 Å². The monoisotopic (exact) mass is 403 g/mol. The Morgan fingerprint density at radius 3 is 2.18 bits per heavy atom. The summed E-state index contributed by atoms with van der Waals surface area (Å²) in [5.41, 5.74) is 3.53. The molecule has 1 N–H and O–H groups in total. The van der Waals surface area contributed by atoms with E-state index in [0.717, 1.165) is 35.2 Å².